The van der Waals surface area contributed by atoms with E-state index in [1.807, 2.05) is 55.1 Å². The summed E-state index contributed by atoms with van der Waals surface area (Å²) >= 11 is 1.31. The highest BCUT2D eigenvalue weighted by Crippen LogP contribution is 2.60. The van der Waals surface area contributed by atoms with Crippen molar-refractivity contribution in [1.29, 1.82) is 0 Å². The summed E-state index contributed by atoms with van der Waals surface area (Å²) in [6, 6.07) is 15.2. The first-order chi connectivity index (χ1) is 19.6. The van der Waals surface area contributed by atoms with Gasteiger partial charge in [-0.15, -0.1) is 0 Å². The van der Waals surface area contributed by atoms with E-state index < -0.39 is 17.7 Å². The van der Waals surface area contributed by atoms with Crippen LogP contribution < -0.4 is 9.46 Å². The molecule has 0 radical (unpaired) electrons. The average Bonchev–Trinajstić information content (AvgIpc) is 3.75. The normalized spacial score (nSPS) is 20.6. The molecular weight excluding hydrogens is 551 g/mol. The molecular formula is C30H32F3N5O2S. The largest absolute Gasteiger partial charge is 0.471 e. The molecule has 1 aliphatic carbocycles. The smallest absolute Gasteiger partial charge is 0.394 e. The van der Waals surface area contributed by atoms with Crippen LogP contribution in [0.1, 0.15) is 40.7 Å². The monoisotopic (exact) mass is 583 g/mol. The number of ether oxygens (including phenoxy) is 1. The third kappa shape index (κ3) is 5.88. The summed E-state index contributed by atoms with van der Waals surface area (Å²) in [6.45, 7) is 5.90. The Labute approximate surface area is 241 Å². The number of carbonyl (C=O) groups is 1. The molecule has 1 N–H and O–H groups in total. The molecule has 3 aromatic rings. The lowest BCUT2D eigenvalue weighted by molar-refractivity contribution is -0.189. The van der Waals surface area contributed by atoms with Crippen LogP contribution in [0.2, 0.25) is 0 Å². The maximum Gasteiger partial charge on any atom is 0.394 e. The minimum absolute atomic E-state index is 0.0503. The molecule has 1 atom stereocenters. The number of nitrogens with zero attached hydrogens (tertiary/aromatic N) is 4. The molecule has 6 rings (SSSR count). The average molecular weight is 584 g/mol. The van der Waals surface area contributed by atoms with Gasteiger partial charge in [0.05, 0.1) is 17.7 Å². The van der Waals surface area contributed by atoms with Crippen LogP contribution >= 0.6 is 11.9 Å². The number of aryl methyl sites for hydroxylation is 2. The molecule has 0 spiro atoms. The molecule has 1 saturated heterocycles. The molecule has 1 saturated carbocycles. The summed E-state index contributed by atoms with van der Waals surface area (Å²) in [6.07, 6.45) is -4.27. The van der Waals surface area contributed by atoms with E-state index in [2.05, 4.69) is 9.71 Å². The molecule has 41 heavy (non-hydrogen) atoms. The second kappa shape index (κ2) is 10.8. The Balaban J connectivity index is 1.35. The van der Waals surface area contributed by atoms with Gasteiger partial charge in [-0.2, -0.15) is 18.2 Å². The Bertz CT molecular complexity index is 1440. The number of alkyl halides is 3. The summed E-state index contributed by atoms with van der Waals surface area (Å²) in [5, 5.41) is 0. The number of aromatic nitrogens is 2. The number of nitrogens with one attached hydrogen (secondary N) is 1. The van der Waals surface area contributed by atoms with Crippen LogP contribution in [0.5, 0.6) is 5.88 Å². The molecule has 2 aliphatic heterocycles. The Hall–Kier alpha value is -3.31. The van der Waals surface area contributed by atoms with E-state index >= 15 is 0 Å². The first-order valence-corrected chi connectivity index (χ1v) is 14.7. The number of halogens is 3. The van der Waals surface area contributed by atoms with Crippen LogP contribution in [-0.2, 0) is 0 Å². The van der Waals surface area contributed by atoms with Crippen molar-refractivity contribution in [3.8, 4) is 17.1 Å². The van der Waals surface area contributed by atoms with Crippen molar-refractivity contribution in [3.05, 3.63) is 65.2 Å². The summed E-state index contributed by atoms with van der Waals surface area (Å²) in [5.74, 6) is 0.578. The van der Waals surface area contributed by atoms with Crippen molar-refractivity contribution in [3.63, 3.8) is 0 Å². The van der Waals surface area contributed by atoms with E-state index in [4.69, 9.17) is 9.72 Å². The fourth-order valence-corrected chi connectivity index (χ4v) is 6.36. The molecule has 2 fully saturated rings. The van der Waals surface area contributed by atoms with Crippen LogP contribution in [0, 0.1) is 19.3 Å². The first kappa shape index (κ1) is 27.8. The van der Waals surface area contributed by atoms with E-state index in [0.29, 0.717) is 49.3 Å². The number of benzene rings is 2. The Morgan fingerprint density at radius 1 is 1.05 bits per heavy atom. The molecule has 7 nitrogen and oxygen atoms in total. The Morgan fingerprint density at radius 3 is 2.54 bits per heavy atom. The van der Waals surface area contributed by atoms with Gasteiger partial charge in [0, 0.05) is 41.7 Å². The number of anilines is 1. The van der Waals surface area contributed by atoms with Crippen molar-refractivity contribution >= 4 is 23.8 Å². The van der Waals surface area contributed by atoms with E-state index in [0.717, 1.165) is 21.6 Å². The highest BCUT2D eigenvalue weighted by atomic mass is 32.2. The van der Waals surface area contributed by atoms with Crippen LogP contribution in [-0.4, -0.2) is 70.7 Å². The predicted molar refractivity (Wildman–Crippen MR) is 152 cm³/mol. The molecule has 1 aromatic heterocycles. The fourth-order valence-electron chi connectivity index (χ4n) is 5.72. The third-order valence-corrected chi connectivity index (χ3v) is 9.06. The van der Waals surface area contributed by atoms with Gasteiger partial charge in [-0.3, -0.25) is 14.4 Å². The topological polar surface area (TPSA) is 70.6 Å². The maximum absolute atomic E-state index is 13.6. The highest BCUT2D eigenvalue weighted by Gasteiger charge is 2.62. The molecule has 3 aliphatic rings. The van der Waals surface area contributed by atoms with Gasteiger partial charge >= 0.3 is 6.18 Å². The maximum atomic E-state index is 13.6. The lowest BCUT2D eigenvalue weighted by Crippen LogP contribution is -2.41. The molecule has 1 amide bonds. The lowest BCUT2D eigenvalue weighted by atomic mass is 10.00. The minimum atomic E-state index is -4.19. The van der Waals surface area contributed by atoms with Crippen molar-refractivity contribution in [2.75, 3.05) is 37.4 Å². The number of hydrogen-bond donors (Lipinski definition) is 1. The number of fused-ring (bicyclic) bond motifs is 6. The summed E-state index contributed by atoms with van der Waals surface area (Å²) in [4.78, 5) is 27.6. The minimum Gasteiger partial charge on any atom is -0.471 e. The van der Waals surface area contributed by atoms with Gasteiger partial charge in [0.25, 0.3) is 5.91 Å². The van der Waals surface area contributed by atoms with Crippen LogP contribution in [0.15, 0.2) is 53.4 Å². The molecule has 3 heterocycles. The fraction of sp³-hybridized carbons (Fsp3) is 0.433. The second-order valence-corrected chi connectivity index (χ2v) is 12.1. The highest BCUT2D eigenvalue weighted by molar-refractivity contribution is 8.00. The summed E-state index contributed by atoms with van der Waals surface area (Å²) in [5.41, 5.74) is 2.79. The zero-order valence-corrected chi connectivity index (χ0v) is 23.8. The van der Waals surface area contributed by atoms with Crippen LogP contribution in [0.4, 0.5) is 19.1 Å². The van der Waals surface area contributed by atoms with E-state index in [1.54, 1.807) is 17.0 Å². The quantitative estimate of drug-likeness (QED) is 0.371. The van der Waals surface area contributed by atoms with E-state index in [9.17, 15) is 18.0 Å². The van der Waals surface area contributed by atoms with Crippen molar-refractivity contribution in [2.24, 2.45) is 5.41 Å². The molecule has 1 unspecified atom stereocenters. The summed E-state index contributed by atoms with van der Waals surface area (Å²) < 4.78 is 50.6. The van der Waals surface area contributed by atoms with Gasteiger partial charge in [-0.05, 0) is 80.9 Å². The van der Waals surface area contributed by atoms with Crippen molar-refractivity contribution in [1.82, 2.24) is 19.8 Å². The Kier molecular flexibility index (Phi) is 7.35. The number of amides is 1. The van der Waals surface area contributed by atoms with Crippen LogP contribution in [0.25, 0.3) is 11.3 Å². The summed E-state index contributed by atoms with van der Waals surface area (Å²) in [7, 11) is 0. The van der Waals surface area contributed by atoms with Gasteiger partial charge in [0.1, 0.15) is 6.10 Å². The number of carbonyl (C=O) groups excluding carboxylic acids is 1. The third-order valence-electron chi connectivity index (χ3n) is 8.29. The molecule has 11 heteroatoms. The zero-order valence-electron chi connectivity index (χ0n) is 23.0. The first-order valence-electron chi connectivity index (χ1n) is 13.8. The van der Waals surface area contributed by atoms with Crippen molar-refractivity contribution < 1.29 is 22.7 Å². The number of hydrogen-bond acceptors (Lipinski definition) is 7. The van der Waals surface area contributed by atoms with Gasteiger partial charge in [0.15, 0.2) is 0 Å². The second-order valence-electron chi connectivity index (χ2n) is 11.2. The van der Waals surface area contributed by atoms with E-state index in [-0.39, 0.29) is 31.7 Å². The van der Waals surface area contributed by atoms with Crippen molar-refractivity contribution in [2.45, 2.75) is 50.3 Å². The van der Waals surface area contributed by atoms with Gasteiger partial charge in [-0.25, -0.2) is 4.98 Å². The standard InChI is InChI=1S/C30H32F3N5O2S/c1-19-5-3-6-20(2)26(19)24-16-25-35-28(34-24)36-41-23-8-4-7-21(15-23)27(39)38-14-13-37(17-22(18-38)40-25)12-11-29(9-10-29)30(31,32)33/h3-8,15-16,22H,9-14,17-18H2,1-2H3,(H,34,35,36). The predicted octanol–water partition coefficient (Wildman–Crippen LogP) is 6.13. The van der Waals surface area contributed by atoms with E-state index in [1.165, 1.54) is 11.9 Å². The van der Waals surface area contributed by atoms with Crippen LogP contribution in [0.3, 0.4) is 0 Å². The Morgan fingerprint density at radius 2 is 1.80 bits per heavy atom. The lowest BCUT2D eigenvalue weighted by Gasteiger charge is -2.27. The molecule has 216 valence electrons. The molecule has 2 aromatic carbocycles. The number of rotatable bonds is 4. The SMILES string of the molecule is Cc1cccc(C)c1-c1cc2nc(n1)NSc1cccc(c1)C(=O)N1CCN(CCC3(C(F)(F)F)CC3)CC(C1)O2. The zero-order chi connectivity index (χ0) is 28.8. The van der Waals surface area contributed by atoms with Gasteiger partial charge < -0.3 is 9.64 Å². The van der Waals surface area contributed by atoms with Gasteiger partial charge in [-0.1, -0.05) is 24.3 Å². The van der Waals surface area contributed by atoms with Gasteiger partial charge in [0.2, 0.25) is 11.8 Å². The molecule has 6 bridgehead atoms.